The topological polar surface area (TPSA) is 101 Å². The Morgan fingerprint density at radius 1 is 1.33 bits per heavy atom. The molecule has 18 heavy (non-hydrogen) atoms. The standard InChI is InChI=1S/C11H21NO5S/c1-5-11(3,4)12-9(13)7-18(16,17)8(2)6-10(14)15/h8H,5-7H2,1-4H3,(H,12,13)(H,14,15). The molecule has 1 amide bonds. The first-order chi connectivity index (χ1) is 8.00. The van der Waals surface area contributed by atoms with E-state index in [1.54, 1.807) is 13.8 Å². The van der Waals surface area contributed by atoms with Crippen molar-refractivity contribution >= 4 is 21.7 Å². The zero-order valence-corrected chi connectivity index (χ0v) is 12.0. The van der Waals surface area contributed by atoms with Gasteiger partial charge in [0.1, 0.15) is 5.75 Å². The molecular formula is C11H21NO5S. The molecule has 0 aromatic carbocycles. The van der Waals surface area contributed by atoms with Gasteiger partial charge in [-0.15, -0.1) is 0 Å². The van der Waals surface area contributed by atoms with Gasteiger partial charge in [0, 0.05) is 5.54 Å². The van der Waals surface area contributed by atoms with Crippen LogP contribution in [-0.2, 0) is 19.4 Å². The SMILES string of the molecule is CCC(C)(C)NC(=O)CS(=O)(=O)C(C)CC(=O)O. The summed E-state index contributed by atoms with van der Waals surface area (Å²) in [6.07, 6.45) is 0.177. The average Bonchev–Trinajstić information content (AvgIpc) is 2.14. The first kappa shape index (κ1) is 16.9. The Bertz CT molecular complexity index is 413. The molecule has 0 saturated carbocycles. The van der Waals surface area contributed by atoms with Crippen LogP contribution in [0.4, 0.5) is 0 Å². The molecule has 0 aromatic rings. The molecular weight excluding hydrogens is 258 g/mol. The molecule has 1 atom stereocenters. The van der Waals surface area contributed by atoms with Gasteiger partial charge in [-0.3, -0.25) is 9.59 Å². The lowest BCUT2D eigenvalue weighted by Crippen LogP contribution is -2.46. The number of carbonyl (C=O) groups excluding carboxylic acids is 1. The van der Waals surface area contributed by atoms with Crippen molar-refractivity contribution in [1.82, 2.24) is 5.32 Å². The van der Waals surface area contributed by atoms with E-state index in [-0.39, 0.29) is 0 Å². The van der Waals surface area contributed by atoms with E-state index >= 15 is 0 Å². The highest BCUT2D eigenvalue weighted by Gasteiger charge is 2.28. The molecule has 0 saturated heterocycles. The van der Waals surface area contributed by atoms with E-state index in [9.17, 15) is 18.0 Å². The van der Waals surface area contributed by atoms with Crippen molar-refractivity contribution in [2.45, 2.75) is 51.3 Å². The molecule has 0 spiro atoms. The molecule has 7 heteroatoms. The van der Waals surface area contributed by atoms with Crippen molar-refractivity contribution in [3.05, 3.63) is 0 Å². The molecule has 0 aromatic heterocycles. The highest BCUT2D eigenvalue weighted by atomic mass is 32.2. The smallest absolute Gasteiger partial charge is 0.304 e. The van der Waals surface area contributed by atoms with Crippen LogP contribution in [0.2, 0.25) is 0 Å². The number of sulfone groups is 1. The van der Waals surface area contributed by atoms with Gasteiger partial charge in [0.15, 0.2) is 9.84 Å². The molecule has 0 aliphatic heterocycles. The van der Waals surface area contributed by atoms with Gasteiger partial charge in [-0.1, -0.05) is 6.92 Å². The number of amides is 1. The molecule has 1 unspecified atom stereocenters. The number of carbonyl (C=O) groups is 2. The minimum atomic E-state index is -3.73. The monoisotopic (exact) mass is 279 g/mol. The predicted octanol–water partition coefficient (Wildman–Crippen LogP) is 0.569. The molecule has 106 valence electrons. The first-order valence-electron chi connectivity index (χ1n) is 5.74. The molecule has 0 heterocycles. The number of rotatable bonds is 7. The van der Waals surface area contributed by atoms with E-state index in [1.807, 2.05) is 6.92 Å². The Morgan fingerprint density at radius 3 is 2.22 bits per heavy atom. The highest BCUT2D eigenvalue weighted by molar-refractivity contribution is 7.92. The van der Waals surface area contributed by atoms with Gasteiger partial charge >= 0.3 is 5.97 Å². The number of carboxylic acids is 1. The normalized spacial score (nSPS) is 14.0. The quantitative estimate of drug-likeness (QED) is 0.709. The summed E-state index contributed by atoms with van der Waals surface area (Å²) in [5, 5.41) is 10.1. The molecule has 0 aliphatic rings. The van der Waals surface area contributed by atoms with E-state index in [0.29, 0.717) is 6.42 Å². The Kier molecular flexibility index (Phi) is 5.79. The lowest BCUT2D eigenvalue weighted by atomic mass is 10.0. The number of hydrogen-bond donors (Lipinski definition) is 2. The fourth-order valence-electron chi connectivity index (χ4n) is 1.20. The third-order valence-electron chi connectivity index (χ3n) is 2.77. The summed E-state index contributed by atoms with van der Waals surface area (Å²) in [5.74, 6) is -2.47. The Balaban J connectivity index is 4.60. The molecule has 2 N–H and O–H groups in total. The van der Waals surface area contributed by atoms with Crippen molar-refractivity contribution < 1.29 is 23.1 Å². The van der Waals surface area contributed by atoms with E-state index in [1.165, 1.54) is 6.92 Å². The third kappa shape index (κ3) is 6.00. The number of carboxylic acid groups (broad SMARTS) is 1. The fraction of sp³-hybridized carbons (Fsp3) is 0.818. The van der Waals surface area contributed by atoms with Gasteiger partial charge in [0.05, 0.1) is 11.7 Å². The summed E-state index contributed by atoms with van der Waals surface area (Å²) in [5.41, 5.74) is -0.470. The van der Waals surface area contributed by atoms with Gasteiger partial charge in [-0.05, 0) is 27.2 Å². The first-order valence-corrected chi connectivity index (χ1v) is 7.46. The Hall–Kier alpha value is -1.11. The summed E-state index contributed by atoms with van der Waals surface area (Å²) < 4.78 is 23.5. The second kappa shape index (κ2) is 6.17. The van der Waals surface area contributed by atoms with E-state index in [4.69, 9.17) is 5.11 Å². The predicted molar refractivity (Wildman–Crippen MR) is 68.0 cm³/mol. The van der Waals surface area contributed by atoms with Crippen LogP contribution in [0.15, 0.2) is 0 Å². The fourth-order valence-corrected chi connectivity index (χ4v) is 2.32. The van der Waals surface area contributed by atoms with E-state index in [2.05, 4.69) is 5.32 Å². The van der Waals surface area contributed by atoms with Crippen LogP contribution in [0.5, 0.6) is 0 Å². The molecule has 0 aliphatic carbocycles. The average molecular weight is 279 g/mol. The lowest BCUT2D eigenvalue weighted by molar-refractivity contribution is -0.137. The van der Waals surface area contributed by atoms with Crippen LogP contribution in [0.1, 0.15) is 40.5 Å². The summed E-state index contributed by atoms with van der Waals surface area (Å²) in [6.45, 7) is 6.75. The van der Waals surface area contributed by atoms with Crippen LogP contribution in [0.25, 0.3) is 0 Å². The summed E-state index contributed by atoms with van der Waals surface area (Å²) in [7, 11) is -3.73. The summed E-state index contributed by atoms with van der Waals surface area (Å²) in [4.78, 5) is 22.0. The lowest BCUT2D eigenvalue weighted by Gasteiger charge is -2.24. The third-order valence-corrected chi connectivity index (χ3v) is 4.83. The maximum absolute atomic E-state index is 11.7. The highest BCUT2D eigenvalue weighted by Crippen LogP contribution is 2.10. The van der Waals surface area contributed by atoms with Gasteiger partial charge in [-0.2, -0.15) is 0 Å². The van der Waals surface area contributed by atoms with Gasteiger partial charge in [-0.25, -0.2) is 8.42 Å². The largest absolute Gasteiger partial charge is 0.481 e. The van der Waals surface area contributed by atoms with Gasteiger partial charge in [0.25, 0.3) is 0 Å². The van der Waals surface area contributed by atoms with Crippen LogP contribution in [0.3, 0.4) is 0 Å². The second-order valence-electron chi connectivity index (χ2n) is 5.00. The maximum atomic E-state index is 11.7. The minimum Gasteiger partial charge on any atom is -0.481 e. The van der Waals surface area contributed by atoms with Crippen molar-refractivity contribution in [3.63, 3.8) is 0 Å². The van der Waals surface area contributed by atoms with Crippen LogP contribution >= 0.6 is 0 Å². The second-order valence-corrected chi connectivity index (χ2v) is 7.42. The molecule has 0 rings (SSSR count). The molecule has 0 bridgehead atoms. The van der Waals surface area contributed by atoms with E-state index < -0.39 is 44.7 Å². The van der Waals surface area contributed by atoms with Crippen molar-refractivity contribution in [2.24, 2.45) is 0 Å². The summed E-state index contributed by atoms with van der Waals surface area (Å²) in [6, 6.07) is 0. The molecule has 6 nitrogen and oxygen atoms in total. The van der Waals surface area contributed by atoms with Crippen molar-refractivity contribution in [1.29, 1.82) is 0 Å². The van der Waals surface area contributed by atoms with Crippen LogP contribution in [-0.4, -0.2) is 41.9 Å². The van der Waals surface area contributed by atoms with Crippen molar-refractivity contribution in [3.8, 4) is 0 Å². The Labute approximate surface area is 108 Å². The Morgan fingerprint density at radius 2 is 1.83 bits per heavy atom. The van der Waals surface area contributed by atoms with Crippen LogP contribution in [0, 0.1) is 0 Å². The molecule has 0 fully saturated rings. The van der Waals surface area contributed by atoms with Crippen LogP contribution < -0.4 is 5.32 Å². The van der Waals surface area contributed by atoms with Gasteiger partial charge < -0.3 is 10.4 Å². The number of nitrogens with one attached hydrogen (secondary N) is 1. The number of hydrogen-bond acceptors (Lipinski definition) is 4. The zero-order chi connectivity index (χ0) is 14.6. The van der Waals surface area contributed by atoms with Crippen molar-refractivity contribution in [2.75, 3.05) is 5.75 Å². The van der Waals surface area contributed by atoms with Gasteiger partial charge in [0.2, 0.25) is 5.91 Å². The maximum Gasteiger partial charge on any atom is 0.304 e. The zero-order valence-electron chi connectivity index (χ0n) is 11.2. The summed E-state index contributed by atoms with van der Waals surface area (Å²) >= 11 is 0. The molecule has 0 radical (unpaired) electrons. The van der Waals surface area contributed by atoms with E-state index in [0.717, 1.165) is 0 Å². The number of aliphatic carboxylic acids is 1. The minimum absolute atomic E-state index is 0.470.